The van der Waals surface area contributed by atoms with Gasteiger partial charge in [0.15, 0.2) is 0 Å². The van der Waals surface area contributed by atoms with Crippen molar-refractivity contribution in [3.05, 3.63) is 29.8 Å². The molecule has 0 spiro atoms. The summed E-state index contributed by atoms with van der Waals surface area (Å²) in [6.45, 7) is 2.60. The van der Waals surface area contributed by atoms with Crippen molar-refractivity contribution in [2.24, 2.45) is 11.7 Å². The summed E-state index contributed by atoms with van der Waals surface area (Å²) in [5, 5.41) is 0. The van der Waals surface area contributed by atoms with Crippen molar-refractivity contribution in [1.29, 1.82) is 0 Å². The highest BCUT2D eigenvalue weighted by atomic mass is 35.5. The van der Waals surface area contributed by atoms with Crippen molar-refractivity contribution in [3.63, 3.8) is 0 Å². The second-order valence-corrected chi connectivity index (χ2v) is 7.90. The minimum atomic E-state index is -3.36. The van der Waals surface area contributed by atoms with E-state index in [9.17, 15) is 8.42 Å². The summed E-state index contributed by atoms with van der Waals surface area (Å²) >= 11 is 0. The van der Waals surface area contributed by atoms with E-state index in [1.54, 1.807) is 16.4 Å². The number of nitrogens with zero attached hydrogens (tertiary/aromatic N) is 2. The topological polar surface area (TPSA) is 66.6 Å². The van der Waals surface area contributed by atoms with E-state index in [1.165, 1.54) is 0 Å². The number of nitrogens with two attached hydrogens (primary N) is 1. The maximum absolute atomic E-state index is 12.6. The molecular formula is C15H26ClN3O2S. The fourth-order valence-electron chi connectivity index (χ4n) is 2.67. The molecule has 0 atom stereocenters. The third-order valence-electron chi connectivity index (χ3n) is 3.97. The number of hydrogen-bond acceptors (Lipinski definition) is 4. The molecule has 0 aromatic heterocycles. The molecule has 7 heteroatoms. The Morgan fingerprint density at radius 3 is 2.18 bits per heavy atom. The first-order valence-corrected chi connectivity index (χ1v) is 8.81. The molecular weight excluding hydrogens is 322 g/mol. The van der Waals surface area contributed by atoms with E-state index in [-0.39, 0.29) is 12.4 Å². The number of sulfonamides is 1. The van der Waals surface area contributed by atoms with E-state index in [0.717, 1.165) is 24.9 Å². The van der Waals surface area contributed by atoms with E-state index in [0.29, 0.717) is 30.4 Å². The maximum Gasteiger partial charge on any atom is 0.243 e. The van der Waals surface area contributed by atoms with Crippen LogP contribution in [0, 0.1) is 5.92 Å². The summed E-state index contributed by atoms with van der Waals surface area (Å²) in [4.78, 5) is 2.44. The van der Waals surface area contributed by atoms with Crippen molar-refractivity contribution in [3.8, 4) is 0 Å². The highest BCUT2D eigenvalue weighted by molar-refractivity contribution is 7.89. The third-order valence-corrected chi connectivity index (χ3v) is 5.88. The lowest BCUT2D eigenvalue weighted by Crippen LogP contribution is -2.40. The van der Waals surface area contributed by atoms with Crippen LogP contribution in [-0.2, 0) is 16.6 Å². The van der Waals surface area contributed by atoms with Gasteiger partial charge in [-0.2, -0.15) is 4.31 Å². The molecule has 0 aliphatic carbocycles. The second-order valence-electron chi connectivity index (χ2n) is 5.96. The Bertz CT molecular complexity index is 553. The zero-order valence-corrected chi connectivity index (χ0v) is 14.9. The molecule has 0 amide bonds. The maximum atomic E-state index is 12.6. The van der Waals surface area contributed by atoms with Gasteiger partial charge in [-0.25, -0.2) is 8.42 Å². The summed E-state index contributed by atoms with van der Waals surface area (Å²) in [5.74, 6) is 0.457. The Hall–Kier alpha value is -0.660. The van der Waals surface area contributed by atoms with Crippen molar-refractivity contribution in [1.82, 2.24) is 9.21 Å². The SMILES string of the molecule is CN(C)Cc1ccc(S(=O)(=O)N2CCC(CN)CC2)cc1.Cl. The minimum absolute atomic E-state index is 0. The van der Waals surface area contributed by atoms with Gasteiger partial charge < -0.3 is 10.6 Å². The largest absolute Gasteiger partial charge is 0.330 e. The monoisotopic (exact) mass is 347 g/mol. The molecule has 0 unspecified atom stereocenters. The summed E-state index contributed by atoms with van der Waals surface area (Å²) in [5.41, 5.74) is 6.77. The van der Waals surface area contributed by atoms with Crippen LogP contribution in [0.3, 0.4) is 0 Å². The average Bonchev–Trinajstić information content (AvgIpc) is 2.47. The normalized spacial score (nSPS) is 17.5. The smallest absolute Gasteiger partial charge is 0.243 e. The minimum Gasteiger partial charge on any atom is -0.330 e. The molecule has 1 aliphatic rings. The summed E-state index contributed by atoms with van der Waals surface area (Å²) in [6.07, 6.45) is 1.71. The lowest BCUT2D eigenvalue weighted by atomic mass is 9.99. The van der Waals surface area contributed by atoms with Gasteiger partial charge in [0.1, 0.15) is 0 Å². The first-order chi connectivity index (χ1) is 9.93. The van der Waals surface area contributed by atoms with Crippen LogP contribution in [0.2, 0.25) is 0 Å². The Labute approximate surface area is 139 Å². The van der Waals surface area contributed by atoms with E-state index >= 15 is 0 Å². The predicted octanol–water partition coefficient (Wildman–Crippen LogP) is 1.53. The van der Waals surface area contributed by atoms with Gasteiger partial charge in [0.05, 0.1) is 4.90 Å². The van der Waals surface area contributed by atoms with Crippen LogP contribution in [0.5, 0.6) is 0 Å². The molecule has 2 rings (SSSR count). The molecule has 1 saturated heterocycles. The highest BCUT2D eigenvalue weighted by Gasteiger charge is 2.28. The van der Waals surface area contributed by atoms with Crippen LogP contribution < -0.4 is 5.73 Å². The number of hydrogen-bond donors (Lipinski definition) is 1. The van der Waals surface area contributed by atoms with E-state index < -0.39 is 10.0 Å². The number of piperidine rings is 1. The van der Waals surface area contributed by atoms with Gasteiger partial charge in [0, 0.05) is 19.6 Å². The molecule has 5 nitrogen and oxygen atoms in total. The number of benzene rings is 1. The highest BCUT2D eigenvalue weighted by Crippen LogP contribution is 2.23. The van der Waals surface area contributed by atoms with Crippen molar-refractivity contribution in [2.75, 3.05) is 33.7 Å². The summed E-state index contributed by atoms with van der Waals surface area (Å²) in [7, 11) is 0.625. The fourth-order valence-corrected chi connectivity index (χ4v) is 4.14. The van der Waals surface area contributed by atoms with Gasteiger partial charge >= 0.3 is 0 Å². The van der Waals surface area contributed by atoms with Gasteiger partial charge in [-0.1, -0.05) is 12.1 Å². The Morgan fingerprint density at radius 2 is 1.73 bits per heavy atom. The van der Waals surface area contributed by atoms with Crippen LogP contribution in [0.1, 0.15) is 18.4 Å². The zero-order valence-electron chi connectivity index (χ0n) is 13.2. The van der Waals surface area contributed by atoms with Crippen LogP contribution >= 0.6 is 12.4 Å². The summed E-state index contributed by atoms with van der Waals surface area (Å²) in [6, 6.07) is 7.20. The molecule has 2 N–H and O–H groups in total. The zero-order chi connectivity index (χ0) is 15.5. The Kier molecular flexibility index (Phi) is 7.28. The molecule has 0 bridgehead atoms. The molecule has 1 aromatic rings. The van der Waals surface area contributed by atoms with Crippen molar-refractivity contribution in [2.45, 2.75) is 24.3 Å². The van der Waals surface area contributed by atoms with Crippen LogP contribution in [0.15, 0.2) is 29.2 Å². The first-order valence-electron chi connectivity index (χ1n) is 7.37. The molecule has 1 fully saturated rings. The molecule has 126 valence electrons. The predicted molar refractivity (Wildman–Crippen MR) is 91.6 cm³/mol. The quantitative estimate of drug-likeness (QED) is 0.877. The van der Waals surface area contributed by atoms with E-state index in [4.69, 9.17) is 5.73 Å². The fraction of sp³-hybridized carbons (Fsp3) is 0.600. The lowest BCUT2D eigenvalue weighted by Gasteiger charge is -2.30. The third kappa shape index (κ3) is 4.67. The first kappa shape index (κ1) is 19.4. The average molecular weight is 348 g/mol. The molecule has 1 heterocycles. The molecule has 0 saturated carbocycles. The van der Waals surface area contributed by atoms with Crippen LogP contribution in [0.4, 0.5) is 0 Å². The van der Waals surface area contributed by atoms with Gasteiger partial charge in [-0.05, 0) is 57.1 Å². The Morgan fingerprint density at radius 1 is 1.18 bits per heavy atom. The standard InChI is InChI=1S/C15H25N3O2S.ClH/c1-17(2)12-14-3-5-15(6-4-14)21(19,20)18-9-7-13(11-16)8-10-18;/h3-6,13H,7-12,16H2,1-2H3;1H. The van der Waals surface area contributed by atoms with Crippen LogP contribution in [0.25, 0.3) is 0 Å². The summed E-state index contributed by atoms with van der Waals surface area (Å²) < 4.78 is 26.8. The molecule has 1 aliphatic heterocycles. The Balaban J connectivity index is 0.00000242. The molecule has 0 radical (unpaired) electrons. The van der Waals surface area contributed by atoms with Crippen molar-refractivity contribution >= 4 is 22.4 Å². The molecule has 22 heavy (non-hydrogen) atoms. The number of rotatable bonds is 5. The van der Waals surface area contributed by atoms with Crippen molar-refractivity contribution < 1.29 is 8.42 Å². The number of halogens is 1. The van der Waals surface area contributed by atoms with E-state index in [1.807, 2.05) is 26.2 Å². The van der Waals surface area contributed by atoms with Gasteiger partial charge in [0.2, 0.25) is 10.0 Å². The van der Waals surface area contributed by atoms with Gasteiger partial charge in [-0.3, -0.25) is 0 Å². The lowest BCUT2D eigenvalue weighted by molar-refractivity contribution is 0.278. The van der Waals surface area contributed by atoms with E-state index in [2.05, 4.69) is 4.90 Å². The van der Waals surface area contributed by atoms with Gasteiger partial charge in [0.25, 0.3) is 0 Å². The van der Waals surface area contributed by atoms with Gasteiger partial charge in [-0.15, -0.1) is 12.4 Å². The van der Waals surface area contributed by atoms with Crippen LogP contribution in [-0.4, -0.2) is 51.4 Å². The molecule has 1 aromatic carbocycles. The second kappa shape index (κ2) is 8.26.